The molecule has 0 N–H and O–H groups in total. The smallest absolute Gasteiger partial charge is 0.243 e. The molecule has 0 radical (unpaired) electrons. The molecule has 2 atom stereocenters. The third-order valence-electron chi connectivity index (χ3n) is 5.06. The second-order valence-electron chi connectivity index (χ2n) is 8.57. The second-order valence-corrected chi connectivity index (χ2v) is 10.4. The largest absolute Gasteiger partial charge is 0.373 e. The lowest BCUT2D eigenvalue weighted by atomic mass is 9.89. The van der Waals surface area contributed by atoms with E-state index in [-0.39, 0.29) is 24.0 Å². The molecule has 1 aromatic rings. The molecule has 1 aromatic carbocycles. The predicted octanol–water partition coefficient (Wildman–Crippen LogP) is 4.85. The van der Waals surface area contributed by atoms with Gasteiger partial charge in [0, 0.05) is 13.1 Å². The summed E-state index contributed by atoms with van der Waals surface area (Å²) in [4.78, 5) is 0.521. The summed E-state index contributed by atoms with van der Waals surface area (Å²) in [6, 6.07) is 4.20. The molecule has 0 aromatic heterocycles. The van der Waals surface area contributed by atoms with E-state index in [2.05, 4.69) is 53.7 Å². The van der Waals surface area contributed by atoms with E-state index >= 15 is 0 Å². The standard InChI is InChI=1S/C21H35NO3S/c1-13(2)18-9-19(14(3)4)21(20(10-18)15(5)6)26(23,24)22-11-16(7)25-17(8)12-22/h9-10,13-17H,11-12H2,1-8H3/t16-,17+. The highest BCUT2D eigenvalue weighted by molar-refractivity contribution is 7.89. The van der Waals surface area contributed by atoms with Gasteiger partial charge in [-0.05, 0) is 48.3 Å². The van der Waals surface area contributed by atoms with E-state index < -0.39 is 10.0 Å². The zero-order valence-corrected chi connectivity index (χ0v) is 18.4. The maximum absolute atomic E-state index is 13.7. The van der Waals surface area contributed by atoms with Gasteiger partial charge in [0.05, 0.1) is 17.1 Å². The number of morpholine rings is 1. The topological polar surface area (TPSA) is 46.6 Å². The number of sulfonamides is 1. The molecule has 1 saturated heterocycles. The highest BCUT2D eigenvalue weighted by atomic mass is 32.2. The molecule has 0 saturated carbocycles. The molecule has 1 aliphatic rings. The quantitative estimate of drug-likeness (QED) is 0.732. The first-order chi connectivity index (χ1) is 11.9. The average molecular weight is 382 g/mol. The lowest BCUT2D eigenvalue weighted by molar-refractivity contribution is -0.0441. The molecule has 1 heterocycles. The minimum absolute atomic E-state index is 0.0894. The van der Waals surface area contributed by atoms with Gasteiger partial charge >= 0.3 is 0 Å². The normalized spacial score (nSPS) is 22.6. The third-order valence-corrected chi connectivity index (χ3v) is 7.03. The fourth-order valence-electron chi connectivity index (χ4n) is 3.64. The van der Waals surface area contributed by atoms with Crippen molar-refractivity contribution < 1.29 is 13.2 Å². The van der Waals surface area contributed by atoms with Gasteiger partial charge in [0.15, 0.2) is 0 Å². The fourth-order valence-corrected chi connectivity index (χ4v) is 5.90. The molecule has 4 nitrogen and oxygen atoms in total. The van der Waals surface area contributed by atoms with Crippen LogP contribution in [0.15, 0.2) is 17.0 Å². The fraction of sp³-hybridized carbons (Fsp3) is 0.714. The zero-order valence-electron chi connectivity index (χ0n) is 17.5. The summed E-state index contributed by atoms with van der Waals surface area (Å²) in [6.45, 7) is 17.3. The molecule has 0 bridgehead atoms. The van der Waals surface area contributed by atoms with Crippen LogP contribution in [0.4, 0.5) is 0 Å². The zero-order chi connectivity index (χ0) is 19.8. The SMILES string of the molecule is CC(C)c1cc(C(C)C)c(S(=O)(=O)N2C[C@@H](C)O[C@@H](C)C2)c(C(C)C)c1. The number of nitrogens with zero attached hydrogens (tertiary/aromatic N) is 1. The number of benzene rings is 1. The first-order valence-corrected chi connectivity index (χ1v) is 11.2. The van der Waals surface area contributed by atoms with E-state index in [0.29, 0.717) is 23.9 Å². The summed E-state index contributed by atoms with van der Waals surface area (Å²) in [5.74, 6) is 0.656. The Labute approximate surface area is 160 Å². The van der Waals surface area contributed by atoms with Gasteiger partial charge in [-0.2, -0.15) is 4.31 Å². The number of hydrogen-bond acceptors (Lipinski definition) is 3. The maximum Gasteiger partial charge on any atom is 0.243 e. The molecule has 0 amide bonds. The molecule has 148 valence electrons. The van der Waals surface area contributed by atoms with Gasteiger partial charge in [0.25, 0.3) is 0 Å². The maximum atomic E-state index is 13.7. The summed E-state index contributed by atoms with van der Waals surface area (Å²) in [7, 11) is -3.57. The van der Waals surface area contributed by atoms with Crippen molar-refractivity contribution in [3.05, 3.63) is 28.8 Å². The van der Waals surface area contributed by atoms with E-state index in [4.69, 9.17) is 4.74 Å². The van der Waals surface area contributed by atoms with Crippen LogP contribution in [0.25, 0.3) is 0 Å². The molecule has 0 spiro atoms. The third kappa shape index (κ3) is 4.32. The Balaban J connectivity index is 2.69. The predicted molar refractivity (Wildman–Crippen MR) is 107 cm³/mol. The van der Waals surface area contributed by atoms with Crippen molar-refractivity contribution in [3.8, 4) is 0 Å². The van der Waals surface area contributed by atoms with E-state index in [1.807, 2.05) is 13.8 Å². The van der Waals surface area contributed by atoms with Crippen LogP contribution in [0.2, 0.25) is 0 Å². The van der Waals surface area contributed by atoms with Crippen molar-refractivity contribution >= 4 is 10.0 Å². The van der Waals surface area contributed by atoms with Crippen molar-refractivity contribution in [1.82, 2.24) is 4.31 Å². The molecule has 5 heteroatoms. The van der Waals surface area contributed by atoms with Crippen LogP contribution in [0.1, 0.15) is 89.8 Å². The summed E-state index contributed by atoms with van der Waals surface area (Å²) < 4.78 is 34.7. The first-order valence-electron chi connectivity index (χ1n) is 9.78. The van der Waals surface area contributed by atoms with E-state index in [9.17, 15) is 8.42 Å². The second kappa shape index (κ2) is 7.99. The van der Waals surface area contributed by atoms with Crippen LogP contribution < -0.4 is 0 Å². The van der Waals surface area contributed by atoms with E-state index in [1.54, 1.807) is 4.31 Å². The Morgan fingerprint density at radius 2 is 1.31 bits per heavy atom. The summed E-state index contributed by atoms with van der Waals surface area (Å²) in [6.07, 6.45) is -0.179. The van der Waals surface area contributed by atoms with Crippen LogP contribution in [0.5, 0.6) is 0 Å². The molecule has 1 aliphatic heterocycles. The van der Waals surface area contributed by atoms with Gasteiger partial charge in [-0.15, -0.1) is 0 Å². The lowest BCUT2D eigenvalue weighted by Gasteiger charge is -2.36. The van der Waals surface area contributed by atoms with Gasteiger partial charge in [-0.3, -0.25) is 0 Å². The van der Waals surface area contributed by atoms with Crippen LogP contribution in [-0.2, 0) is 14.8 Å². The Kier molecular flexibility index (Phi) is 6.57. The molecular weight excluding hydrogens is 346 g/mol. The minimum atomic E-state index is -3.57. The Morgan fingerprint density at radius 1 is 0.885 bits per heavy atom. The van der Waals surface area contributed by atoms with E-state index in [1.165, 1.54) is 5.56 Å². The Bertz CT molecular complexity index is 699. The Morgan fingerprint density at radius 3 is 1.65 bits per heavy atom. The molecule has 0 aliphatic carbocycles. The molecular formula is C21H35NO3S. The van der Waals surface area contributed by atoms with Gasteiger partial charge < -0.3 is 4.74 Å². The summed E-state index contributed by atoms with van der Waals surface area (Å²) in [5, 5.41) is 0. The van der Waals surface area contributed by atoms with Crippen molar-refractivity contribution in [2.24, 2.45) is 0 Å². The van der Waals surface area contributed by atoms with E-state index in [0.717, 1.165) is 11.1 Å². The van der Waals surface area contributed by atoms with Gasteiger partial charge in [-0.25, -0.2) is 8.42 Å². The highest BCUT2D eigenvalue weighted by Crippen LogP contribution is 2.37. The van der Waals surface area contributed by atoms with Crippen molar-refractivity contribution in [1.29, 1.82) is 0 Å². The van der Waals surface area contributed by atoms with Gasteiger partial charge in [-0.1, -0.05) is 53.7 Å². The molecule has 26 heavy (non-hydrogen) atoms. The number of rotatable bonds is 5. The summed E-state index contributed by atoms with van der Waals surface area (Å²) in [5.41, 5.74) is 3.08. The highest BCUT2D eigenvalue weighted by Gasteiger charge is 2.36. The molecule has 1 fully saturated rings. The van der Waals surface area contributed by atoms with Crippen molar-refractivity contribution in [2.45, 2.75) is 90.2 Å². The Hall–Kier alpha value is -0.910. The van der Waals surface area contributed by atoms with Crippen molar-refractivity contribution in [2.75, 3.05) is 13.1 Å². The van der Waals surface area contributed by atoms with Crippen molar-refractivity contribution in [3.63, 3.8) is 0 Å². The molecule has 0 unspecified atom stereocenters. The van der Waals surface area contributed by atoms with Crippen LogP contribution >= 0.6 is 0 Å². The van der Waals surface area contributed by atoms with Crippen LogP contribution in [0.3, 0.4) is 0 Å². The monoisotopic (exact) mass is 381 g/mol. The van der Waals surface area contributed by atoms with Gasteiger partial charge in [0.2, 0.25) is 10.0 Å². The lowest BCUT2D eigenvalue weighted by Crippen LogP contribution is -2.48. The van der Waals surface area contributed by atoms with Crippen LogP contribution in [-0.4, -0.2) is 38.0 Å². The molecule has 2 rings (SSSR count). The van der Waals surface area contributed by atoms with Crippen LogP contribution in [0, 0.1) is 0 Å². The first kappa shape index (κ1) is 21.4. The van der Waals surface area contributed by atoms with Gasteiger partial charge in [0.1, 0.15) is 0 Å². The summed E-state index contributed by atoms with van der Waals surface area (Å²) >= 11 is 0. The minimum Gasteiger partial charge on any atom is -0.373 e. The average Bonchev–Trinajstić information content (AvgIpc) is 2.52. The number of hydrogen-bond donors (Lipinski definition) is 0. The number of ether oxygens (including phenoxy) is 1.